The van der Waals surface area contributed by atoms with E-state index in [9.17, 15) is 13.6 Å². The summed E-state index contributed by atoms with van der Waals surface area (Å²) in [5, 5.41) is 11.5. The van der Waals surface area contributed by atoms with E-state index in [1.807, 2.05) is 0 Å². The number of rotatable bonds is 2. The Kier molecular flexibility index (Phi) is 3.23. The minimum absolute atomic E-state index is 0.247. The van der Waals surface area contributed by atoms with Crippen molar-refractivity contribution in [3.63, 3.8) is 0 Å². The Morgan fingerprint density at radius 3 is 2.88 bits per heavy atom. The first-order valence-corrected chi connectivity index (χ1v) is 5.15. The number of carbonyl (C=O) groups is 1. The van der Waals surface area contributed by atoms with Gasteiger partial charge in [0.1, 0.15) is 11.4 Å². The quantitative estimate of drug-likeness (QED) is 0.820. The van der Waals surface area contributed by atoms with Crippen LogP contribution in [-0.4, -0.2) is 30.3 Å². The SMILES string of the molecule is O=C(NC1CCOC1)c1c(F)ccc(O)c1F. The van der Waals surface area contributed by atoms with Crippen molar-refractivity contribution in [2.45, 2.75) is 12.5 Å². The number of carbonyl (C=O) groups excluding carboxylic acids is 1. The number of phenols is 1. The van der Waals surface area contributed by atoms with Gasteiger partial charge in [0.2, 0.25) is 0 Å². The molecule has 1 aliphatic heterocycles. The van der Waals surface area contributed by atoms with Crippen LogP contribution in [-0.2, 0) is 4.74 Å². The van der Waals surface area contributed by atoms with Crippen molar-refractivity contribution in [2.24, 2.45) is 0 Å². The number of aromatic hydroxyl groups is 1. The smallest absolute Gasteiger partial charge is 0.257 e. The van der Waals surface area contributed by atoms with Crippen LogP contribution in [0, 0.1) is 11.6 Å². The maximum Gasteiger partial charge on any atom is 0.257 e. The van der Waals surface area contributed by atoms with Crippen molar-refractivity contribution in [2.75, 3.05) is 13.2 Å². The minimum atomic E-state index is -1.25. The lowest BCUT2D eigenvalue weighted by Gasteiger charge is -2.12. The average molecular weight is 243 g/mol. The standard InChI is InChI=1S/C11H11F2NO3/c12-7-1-2-8(15)10(13)9(7)11(16)14-6-3-4-17-5-6/h1-2,6,15H,3-5H2,(H,14,16). The predicted octanol–water partition coefficient (Wildman–Crippen LogP) is 1.19. The number of nitrogens with one attached hydrogen (secondary N) is 1. The van der Waals surface area contributed by atoms with Gasteiger partial charge in [0.25, 0.3) is 5.91 Å². The topological polar surface area (TPSA) is 58.6 Å². The van der Waals surface area contributed by atoms with E-state index in [2.05, 4.69) is 5.32 Å². The molecule has 1 atom stereocenters. The molecule has 0 spiro atoms. The fourth-order valence-electron chi connectivity index (χ4n) is 1.66. The fraction of sp³-hybridized carbons (Fsp3) is 0.364. The Labute approximate surface area is 96.2 Å². The molecule has 6 heteroatoms. The number of hydrogen-bond acceptors (Lipinski definition) is 3. The summed E-state index contributed by atoms with van der Waals surface area (Å²) >= 11 is 0. The summed E-state index contributed by atoms with van der Waals surface area (Å²) < 4.78 is 31.7. The molecule has 2 N–H and O–H groups in total. The zero-order chi connectivity index (χ0) is 12.4. The van der Waals surface area contributed by atoms with E-state index in [0.29, 0.717) is 19.6 Å². The number of benzene rings is 1. The van der Waals surface area contributed by atoms with Gasteiger partial charge in [0, 0.05) is 6.61 Å². The number of amides is 1. The molecule has 1 aromatic rings. The van der Waals surface area contributed by atoms with Crippen molar-refractivity contribution in [1.29, 1.82) is 0 Å². The first-order valence-electron chi connectivity index (χ1n) is 5.15. The zero-order valence-electron chi connectivity index (χ0n) is 8.87. The van der Waals surface area contributed by atoms with E-state index in [0.717, 1.165) is 12.1 Å². The Balaban J connectivity index is 2.21. The lowest BCUT2D eigenvalue weighted by Crippen LogP contribution is -2.36. The lowest BCUT2D eigenvalue weighted by molar-refractivity contribution is 0.0920. The number of ether oxygens (including phenoxy) is 1. The van der Waals surface area contributed by atoms with Crippen LogP contribution in [0.1, 0.15) is 16.8 Å². The van der Waals surface area contributed by atoms with Crippen LogP contribution in [0.25, 0.3) is 0 Å². The van der Waals surface area contributed by atoms with E-state index in [4.69, 9.17) is 9.84 Å². The first kappa shape index (κ1) is 11.8. The fourth-order valence-corrected chi connectivity index (χ4v) is 1.66. The number of halogens is 2. The average Bonchev–Trinajstić information content (AvgIpc) is 2.77. The van der Waals surface area contributed by atoms with Gasteiger partial charge in [-0.05, 0) is 18.6 Å². The van der Waals surface area contributed by atoms with Gasteiger partial charge in [-0.2, -0.15) is 0 Å². The molecular weight excluding hydrogens is 232 g/mol. The molecular formula is C11H11F2NO3. The highest BCUT2D eigenvalue weighted by atomic mass is 19.1. The summed E-state index contributed by atoms with van der Waals surface area (Å²) in [5.41, 5.74) is -0.767. The molecule has 1 amide bonds. The van der Waals surface area contributed by atoms with Gasteiger partial charge in [-0.25, -0.2) is 8.78 Å². The molecule has 1 heterocycles. The van der Waals surface area contributed by atoms with Crippen LogP contribution in [0.3, 0.4) is 0 Å². The zero-order valence-corrected chi connectivity index (χ0v) is 8.87. The highest BCUT2D eigenvalue weighted by Gasteiger charge is 2.24. The molecule has 1 saturated heterocycles. The Hall–Kier alpha value is -1.69. The maximum absolute atomic E-state index is 13.4. The molecule has 92 valence electrons. The Morgan fingerprint density at radius 2 is 2.24 bits per heavy atom. The van der Waals surface area contributed by atoms with Crippen molar-refractivity contribution in [1.82, 2.24) is 5.32 Å². The molecule has 17 heavy (non-hydrogen) atoms. The van der Waals surface area contributed by atoms with Crippen molar-refractivity contribution >= 4 is 5.91 Å². The molecule has 1 unspecified atom stereocenters. The predicted molar refractivity (Wildman–Crippen MR) is 54.7 cm³/mol. The third-order valence-electron chi connectivity index (χ3n) is 2.56. The van der Waals surface area contributed by atoms with Crippen LogP contribution >= 0.6 is 0 Å². The van der Waals surface area contributed by atoms with Crippen molar-refractivity contribution in [3.8, 4) is 5.75 Å². The van der Waals surface area contributed by atoms with Gasteiger partial charge in [0.05, 0.1) is 12.6 Å². The van der Waals surface area contributed by atoms with E-state index < -0.39 is 28.9 Å². The molecule has 0 saturated carbocycles. The third-order valence-corrected chi connectivity index (χ3v) is 2.56. The third kappa shape index (κ3) is 2.36. The maximum atomic E-state index is 13.4. The molecule has 0 bridgehead atoms. The van der Waals surface area contributed by atoms with Gasteiger partial charge in [-0.1, -0.05) is 0 Å². The molecule has 1 fully saturated rings. The van der Waals surface area contributed by atoms with Crippen LogP contribution in [0.15, 0.2) is 12.1 Å². The summed E-state index contributed by atoms with van der Waals surface area (Å²) in [6, 6.07) is 1.46. The molecule has 0 aromatic heterocycles. The Bertz CT molecular complexity index is 445. The van der Waals surface area contributed by atoms with E-state index >= 15 is 0 Å². The second-order valence-electron chi connectivity index (χ2n) is 3.79. The molecule has 0 radical (unpaired) electrons. The summed E-state index contributed by atoms with van der Waals surface area (Å²) in [6.07, 6.45) is 0.605. The monoisotopic (exact) mass is 243 g/mol. The summed E-state index contributed by atoms with van der Waals surface area (Å²) in [6.45, 7) is 0.837. The largest absolute Gasteiger partial charge is 0.505 e. The van der Waals surface area contributed by atoms with E-state index in [1.165, 1.54) is 0 Å². The van der Waals surface area contributed by atoms with E-state index in [-0.39, 0.29) is 6.04 Å². The van der Waals surface area contributed by atoms with Gasteiger partial charge < -0.3 is 15.2 Å². The molecule has 2 rings (SSSR count). The molecule has 1 aromatic carbocycles. The summed E-state index contributed by atoms with van der Waals surface area (Å²) in [7, 11) is 0. The number of phenolic OH excluding ortho intramolecular Hbond substituents is 1. The minimum Gasteiger partial charge on any atom is -0.505 e. The van der Waals surface area contributed by atoms with Crippen molar-refractivity contribution < 1.29 is 23.4 Å². The molecule has 0 aliphatic carbocycles. The number of hydrogen-bond donors (Lipinski definition) is 2. The highest BCUT2D eigenvalue weighted by molar-refractivity contribution is 5.95. The Morgan fingerprint density at radius 1 is 1.47 bits per heavy atom. The van der Waals surface area contributed by atoms with Crippen LogP contribution in [0.4, 0.5) is 8.78 Å². The van der Waals surface area contributed by atoms with Crippen LogP contribution in [0.2, 0.25) is 0 Å². The van der Waals surface area contributed by atoms with Crippen LogP contribution < -0.4 is 5.32 Å². The summed E-state index contributed by atoms with van der Waals surface area (Å²) in [4.78, 5) is 11.6. The lowest BCUT2D eigenvalue weighted by atomic mass is 10.1. The van der Waals surface area contributed by atoms with Crippen LogP contribution in [0.5, 0.6) is 5.75 Å². The normalized spacial score (nSPS) is 19.3. The summed E-state index contributed by atoms with van der Waals surface area (Å²) in [5.74, 6) is -3.89. The van der Waals surface area contributed by atoms with Gasteiger partial charge in [-0.3, -0.25) is 4.79 Å². The second-order valence-corrected chi connectivity index (χ2v) is 3.79. The second kappa shape index (κ2) is 4.67. The van der Waals surface area contributed by atoms with E-state index in [1.54, 1.807) is 0 Å². The highest BCUT2D eigenvalue weighted by Crippen LogP contribution is 2.22. The molecule has 1 aliphatic rings. The van der Waals surface area contributed by atoms with Gasteiger partial charge in [-0.15, -0.1) is 0 Å². The molecule has 4 nitrogen and oxygen atoms in total. The van der Waals surface area contributed by atoms with Gasteiger partial charge >= 0.3 is 0 Å². The first-order chi connectivity index (χ1) is 8.09. The van der Waals surface area contributed by atoms with Gasteiger partial charge in [0.15, 0.2) is 11.6 Å². The van der Waals surface area contributed by atoms with Crippen molar-refractivity contribution in [3.05, 3.63) is 29.3 Å².